The zero-order valence-corrected chi connectivity index (χ0v) is 18.6. The van der Waals surface area contributed by atoms with Crippen LogP contribution in [-0.4, -0.2) is 59.7 Å². The van der Waals surface area contributed by atoms with Crippen molar-refractivity contribution in [3.05, 3.63) is 60.4 Å². The molecule has 2 aromatic rings. The van der Waals surface area contributed by atoms with Crippen molar-refractivity contribution < 1.29 is 4.79 Å². The minimum atomic E-state index is 0.00271. The van der Waals surface area contributed by atoms with Crippen LogP contribution in [-0.2, 0) is 11.2 Å². The second-order valence-corrected chi connectivity index (χ2v) is 9.07. The van der Waals surface area contributed by atoms with Crippen molar-refractivity contribution in [2.24, 2.45) is 4.99 Å². The number of nitrogens with one attached hydrogen (secondary N) is 2. The molecule has 1 aliphatic rings. The van der Waals surface area contributed by atoms with Gasteiger partial charge in [-0.25, -0.2) is 4.99 Å². The lowest BCUT2D eigenvalue weighted by Crippen LogP contribution is -2.42. The van der Waals surface area contributed by atoms with Gasteiger partial charge in [0.1, 0.15) is 6.54 Å². The van der Waals surface area contributed by atoms with Crippen molar-refractivity contribution in [3.8, 4) is 0 Å². The normalized spacial score (nSPS) is 14.8. The summed E-state index contributed by atoms with van der Waals surface area (Å²) in [5.74, 6) is 0.701. The molecule has 0 aliphatic heterocycles. The molecule has 7 heteroatoms. The number of nitrogens with zero attached hydrogens (tertiary/aromatic N) is 3. The number of amides is 1. The van der Waals surface area contributed by atoms with Gasteiger partial charge < -0.3 is 15.5 Å². The number of guanidine groups is 1. The van der Waals surface area contributed by atoms with Crippen molar-refractivity contribution >= 4 is 23.6 Å². The third-order valence-electron chi connectivity index (χ3n) is 5.04. The number of carbonyl (C=O) groups excluding carboxylic acids is 1. The molecule has 1 aliphatic carbocycles. The number of benzene rings is 1. The van der Waals surface area contributed by atoms with Crippen LogP contribution >= 0.6 is 11.8 Å². The predicted octanol–water partition coefficient (Wildman–Crippen LogP) is 2.96. The molecule has 3 rings (SSSR count). The minimum absolute atomic E-state index is 0.00271. The van der Waals surface area contributed by atoms with E-state index >= 15 is 0 Å². The van der Waals surface area contributed by atoms with Crippen LogP contribution in [0.25, 0.3) is 0 Å². The van der Waals surface area contributed by atoms with E-state index in [2.05, 4.69) is 44.9 Å². The molecule has 1 heterocycles. The average Bonchev–Trinajstić information content (AvgIpc) is 3.54. The first-order valence-corrected chi connectivity index (χ1v) is 11.3. The zero-order valence-electron chi connectivity index (χ0n) is 17.8. The molecule has 1 fully saturated rings. The summed E-state index contributed by atoms with van der Waals surface area (Å²) in [6.45, 7) is 4.39. The Morgan fingerprint density at radius 2 is 1.93 bits per heavy atom. The van der Waals surface area contributed by atoms with E-state index in [-0.39, 0.29) is 17.2 Å². The van der Waals surface area contributed by atoms with Crippen molar-refractivity contribution in [1.29, 1.82) is 0 Å². The summed E-state index contributed by atoms with van der Waals surface area (Å²) in [7, 11) is 1.82. The number of carbonyl (C=O) groups is 1. The quantitative estimate of drug-likeness (QED) is 0.452. The fourth-order valence-corrected chi connectivity index (χ4v) is 4.24. The van der Waals surface area contributed by atoms with Crippen LogP contribution in [0.5, 0.6) is 0 Å². The van der Waals surface area contributed by atoms with E-state index in [1.54, 1.807) is 11.1 Å². The summed E-state index contributed by atoms with van der Waals surface area (Å²) < 4.78 is 0.223. The number of aromatic nitrogens is 1. The molecule has 30 heavy (non-hydrogen) atoms. The molecule has 1 aromatic heterocycles. The maximum atomic E-state index is 12.5. The topological polar surface area (TPSA) is 69.6 Å². The summed E-state index contributed by atoms with van der Waals surface area (Å²) in [5, 5.41) is 6.68. The number of thioether (sulfide) groups is 1. The SMILES string of the molecule is CCNC(=NCC(=O)N(C)CCc1ccccn1)NCC1(Sc2ccccc2)CC1. The highest BCUT2D eigenvalue weighted by molar-refractivity contribution is 8.01. The number of hydrogen-bond donors (Lipinski definition) is 2. The van der Waals surface area contributed by atoms with E-state index in [4.69, 9.17) is 0 Å². The van der Waals surface area contributed by atoms with Crippen LogP contribution in [0.3, 0.4) is 0 Å². The molecule has 0 bridgehead atoms. The van der Waals surface area contributed by atoms with Gasteiger partial charge in [0, 0.05) is 54.6 Å². The highest BCUT2D eigenvalue weighted by atomic mass is 32.2. The highest BCUT2D eigenvalue weighted by Crippen LogP contribution is 2.51. The number of likely N-dealkylation sites (N-methyl/N-ethyl adjacent to an activating group) is 1. The second-order valence-electron chi connectivity index (χ2n) is 7.53. The van der Waals surface area contributed by atoms with E-state index in [1.165, 1.54) is 17.7 Å². The van der Waals surface area contributed by atoms with Crippen LogP contribution in [0.2, 0.25) is 0 Å². The Morgan fingerprint density at radius 1 is 1.17 bits per heavy atom. The van der Waals surface area contributed by atoms with Crippen LogP contribution in [0.15, 0.2) is 64.6 Å². The van der Waals surface area contributed by atoms with E-state index in [0.717, 1.165) is 25.2 Å². The van der Waals surface area contributed by atoms with E-state index < -0.39 is 0 Å². The summed E-state index contributed by atoms with van der Waals surface area (Å²) in [5.41, 5.74) is 0.987. The lowest BCUT2D eigenvalue weighted by Gasteiger charge is -2.19. The first-order chi connectivity index (χ1) is 14.6. The molecule has 1 aromatic carbocycles. The van der Waals surface area contributed by atoms with Crippen LogP contribution in [0.1, 0.15) is 25.5 Å². The molecule has 1 amide bonds. The predicted molar refractivity (Wildman–Crippen MR) is 124 cm³/mol. The Morgan fingerprint density at radius 3 is 2.60 bits per heavy atom. The Bertz CT molecular complexity index is 824. The monoisotopic (exact) mass is 425 g/mol. The Kier molecular flexibility index (Phi) is 8.13. The van der Waals surface area contributed by atoms with Crippen LogP contribution < -0.4 is 10.6 Å². The van der Waals surface area contributed by atoms with E-state index in [0.29, 0.717) is 12.5 Å². The maximum absolute atomic E-state index is 12.5. The Balaban J connectivity index is 1.47. The fourth-order valence-electron chi connectivity index (χ4n) is 3.00. The molecule has 0 atom stereocenters. The lowest BCUT2D eigenvalue weighted by atomic mass is 10.2. The van der Waals surface area contributed by atoms with Crippen LogP contribution in [0.4, 0.5) is 0 Å². The fraction of sp³-hybridized carbons (Fsp3) is 0.435. The van der Waals surface area contributed by atoms with Crippen LogP contribution in [0, 0.1) is 0 Å². The third kappa shape index (κ3) is 7.06. The number of hydrogen-bond acceptors (Lipinski definition) is 4. The van der Waals surface area contributed by atoms with Gasteiger partial charge in [0.15, 0.2) is 5.96 Å². The summed E-state index contributed by atoms with van der Waals surface area (Å²) in [6.07, 6.45) is 4.89. The van der Waals surface area contributed by atoms with Crippen molar-refractivity contribution in [3.63, 3.8) is 0 Å². The Labute approximate surface area is 183 Å². The third-order valence-corrected chi connectivity index (χ3v) is 6.53. The number of aliphatic imine (C=N–C) groups is 1. The second kappa shape index (κ2) is 11.0. The van der Waals surface area contributed by atoms with Gasteiger partial charge in [-0.2, -0.15) is 0 Å². The van der Waals surface area contributed by atoms with Crippen molar-refractivity contribution in [1.82, 2.24) is 20.5 Å². The smallest absolute Gasteiger partial charge is 0.244 e. The van der Waals surface area contributed by atoms with Gasteiger partial charge in [-0.15, -0.1) is 11.8 Å². The molecule has 1 saturated carbocycles. The molecular weight excluding hydrogens is 394 g/mol. The molecule has 2 N–H and O–H groups in total. The van der Waals surface area contributed by atoms with Gasteiger partial charge >= 0.3 is 0 Å². The largest absolute Gasteiger partial charge is 0.357 e. The van der Waals surface area contributed by atoms with Gasteiger partial charge in [-0.3, -0.25) is 9.78 Å². The average molecular weight is 426 g/mol. The maximum Gasteiger partial charge on any atom is 0.244 e. The van der Waals surface area contributed by atoms with Crippen molar-refractivity contribution in [2.45, 2.75) is 35.8 Å². The first-order valence-electron chi connectivity index (χ1n) is 10.5. The van der Waals surface area contributed by atoms with Gasteiger partial charge in [0.25, 0.3) is 0 Å². The van der Waals surface area contributed by atoms with Gasteiger partial charge in [0.2, 0.25) is 5.91 Å². The summed E-state index contributed by atoms with van der Waals surface area (Å²) in [4.78, 5) is 24.3. The molecule has 0 saturated heterocycles. The first kappa shape index (κ1) is 22.2. The summed E-state index contributed by atoms with van der Waals surface area (Å²) >= 11 is 1.92. The Hall–Kier alpha value is -2.54. The lowest BCUT2D eigenvalue weighted by molar-refractivity contribution is -0.128. The molecule has 6 nitrogen and oxygen atoms in total. The molecule has 0 spiro atoms. The zero-order chi connectivity index (χ0) is 21.2. The standard InChI is InChI=1S/C23H31N5OS/c1-3-24-22(27-18-23(13-14-23)30-20-10-5-4-6-11-20)26-17-21(29)28(2)16-12-19-9-7-8-15-25-19/h4-11,15H,3,12-14,16-18H2,1-2H3,(H2,24,26,27). The molecular formula is C23H31N5OS. The summed E-state index contributed by atoms with van der Waals surface area (Å²) in [6, 6.07) is 16.3. The minimum Gasteiger partial charge on any atom is -0.357 e. The number of rotatable bonds is 10. The van der Waals surface area contributed by atoms with Gasteiger partial charge in [-0.1, -0.05) is 24.3 Å². The van der Waals surface area contributed by atoms with E-state index in [9.17, 15) is 4.79 Å². The molecule has 160 valence electrons. The van der Waals surface area contributed by atoms with Gasteiger partial charge in [-0.05, 0) is 44.0 Å². The van der Waals surface area contributed by atoms with Gasteiger partial charge in [0.05, 0.1) is 0 Å². The molecule has 0 unspecified atom stereocenters. The number of pyridine rings is 1. The van der Waals surface area contributed by atoms with Crippen molar-refractivity contribution in [2.75, 3.05) is 33.2 Å². The molecule has 0 radical (unpaired) electrons. The highest BCUT2D eigenvalue weighted by Gasteiger charge is 2.43. The van der Waals surface area contributed by atoms with E-state index in [1.807, 2.05) is 50.0 Å².